The molecular formula is C22H34Cl2N2O2Si. The van der Waals surface area contributed by atoms with E-state index in [4.69, 9.17) is 32.7 Å². The van der Waals surface area contributed by atoms with Gasteiger partial charge in [0.05, 0.1) is 18.8 Å². The van der Waals surface area contributed by atoms with Crippen LogP contribution in [-0.2, 0) is 23.8 Å². The molecule has 4 nitrogen and oxygen atoms in total. The minimum atomic E-state index is -1.81. The maximum Gasteiger partial charge on any atom is 0.192 e. The van der Waals surface area contributed by atoms with Gasteiger partial charge in [-0.05, 0) is 54.7 Å². The van der Waals surface area contributed by atoms with E-state index in [0.29, 0.717) is 28.8 Å². The molecule has 0 radical (unpaired) electrons. The Morgan fingerprint density at radius 3 is 2.17 bits per heavy atom. The molecule has 1 unspecified atom stereocenters. The Hall–Kier alpha value is -0.853. The Labute approximate surface area is 186 Å². The van der Waals surface area contributed by atoms with Gasteiger partial charge < -0.3 is 9.53 Å². The number of halogens is 2. The van der Waals surface area contributed by atoms with E-state index in [1.54, 1.807) is 18.2 Å². The van der Waals surface area contributed by atoms with Gasteiger partial charge in [0.15, 0.2) is 8.32 Å². The highest BCUT2D eigenvalue weighted by atomic mass is 35.5. The summed E-state index contributed by atoms with van der Waals surface area (Å²) in [5.74, 6) is 0. The van der Waals surface area contributed by atoms with Crippen LogP contribution in [0.25, 0.3) is 0 Å². The van der Waals surface area contributed by atoms with Crippen LogP contribution >= 0.6 is 23.2 Å². The van der Waals surface area contributed by atoms with E-state index in [1.807, 2.05) is 4.68 Å². The predicted molar refractivity (Wildman–Crippen MR) is 125 cm³/mol. The molecule has 2 aromatic rings. The smallest absolute Gasteiger partial charge is 0.192 e. The van der Waals surface area contributed by atoms with Crippen LogP contribution in [0.4, 0.5) is 0 Å². The molecule has 0 aliphatic heterocycles. The van der Waals surface area contributed by atoms with Crippen molar-refractivity contribution in [3.63, 3.8) is 0 Å². The standard InChI is InChI=1S/C22H34Cl2N2O2Si/c1-8-18-20(21(27)15-12-16(23)14-17(24)13-15)19(9-2)26(25-18)10-11-28-29(6,7)22(3,4)5/h12-14,21,27H,8-11H2,1-7H3. The summed E-state index contributed by atoms with van der Waals surface area (Å²) < 4.78 is 8.33. The molecule has 1 N–H and O–H groups in total. The van der Waals surface area contributed by atoms with Crippen LogP contribution in [-0.4, -0.2) is 29.8 Å². The van der Waals surface area contributed by atoms with E-state index in [9.17, 15) is 5.11 Å². The van der Waals surface area contributed by atoms with Crippen LogP contribution in [0.2, 0.25) is 28.2 Å². The molecule has 1 aromatic carbocycles. The zero-order valence-electron chi connectivity index (χ0n) is 18.6. The Morgan fingerprint density at radius 1 is 1.10 bits per heavy atom. The Bertz CT molecular complexity index is 824. The van der Waals surface area contributed by atoms with Gasteiger partial charge in [-0.3, -0.25) is 4.68 Å². The minimum absolute atomic E-state index is 0.173. The van der Waals surface area contributed by atoms with Crippen molar-refractivity contribution in [2.45, 2.75) is 78.2 Å². The molecule has 0 spiro atoms. The van der Waals surface area contributed by atoms with Crippen molar-refractivity contribution in [2.75, 3.05) is 6.61 Å². The van der Waals surface area contributed by atoms with Gasteiger partial charge in [0.2, 0.25) is 0 Å². The number of aliphatic hydroxyl groups is 1. The van der Waals surface area contributed by atoms with E-state index < -0.39 is 14.4 Å². The fourth-order valence-electron chi connectivity index (χ4n) is 3.20. The highest BCUT2D eigenvalue weighted by Gasteiger charge is 2.37. The zero-order chi connectivity index (χ0) is 22.0. The second-order valence-corrected chi connectivity index (χ2v) is 14.6. The first-order chi connectivity index (χ1) is 13.4. The normalized spacial score (nSPS) is 13.7. The third kappa shape index (κ3) is 5.64. The lowest BCUT2D eigenvalue weighted by molar-refractivity contribution is 0.217. The second-order valence-electron chi connectivity index (χ2n) is 8.95. The van der Waals surface area contributed by atoms with Crippen LogP contribution < -0.4 is 0 Å². The molecule has 0 fully saturated rings. The van der Waals surface area contributed by atoms with E-state index in [0.717, 1.165) is 29.8 Å². The van der Waals surface area contributed by atoms with Crippen LogP contribution in [0.15, 0.2) is 18.2 Å². The van der Waals surface area contributed by atoms with Gasteiger partial charge in [-0.15, -0.1) is 0 Å². The molecule has 29 heavy (non-hydrogen) atoms. The molecule has 7 heteroatoms. The van der Waals surface area contributed by atoms with Gasteiger partial charge in [-0.25, -0.2) is 0 Å². The van der Waals surface area contributed by atoms with Crippen molar-refractivity contribution in [2.24, 2.45) is 0 Å². The average Bonchev–Trinajstić information content (AvgIpc) is 2.96. The van der Waals surface area contributed by atoms with Crippen molar-refractivity contribution in [3.8, 4) is 0 Å². The molecule has 1 atom stereocenters. The van der Waals surface area contributed by atoms with Gasteiger partial charge >= 0.3 is 0 Å². The molecule has 1 aromatic heterocycles. The maximum absolute atomic E-state index is 11.1. The number of nitrogens with zero attached hydrogens (tertiary/aromatic N) is 2. The predicted octanol–water partition coefficient (Wildman–Crippen LogP) is 6.42. The second kappa shape index (κ2) is 9.52. The van der Waals surface area contributed by atoms with Gasteiger partial charge in [0.25, 0.3) is 0 Å². The lowest BCUT2D eigenvalue weighted by Crippen LogP contribution is -2.41. The largest absolute Gasteiger partial charge is 0.415 e. The summed E-state index contributed by atoms with van der Waals surface area (Å²) in [5.41, 5.74) is 3.48. The maximum atomic E-state index is 11.1. The first kappa shape index (κ1) is 24.4. The number of aliphatic hydroxyl groups excluding tert-OH is 1. The molecule has 0 aliphatic carbocycles. The lowest BCUT2D eigenvalue weighted by Gasteiger charge is -2.36. The van der Waals surface area contributed by atoms with E-state index >= 15 is 0 Å². The summed E-state index contributed by atoms with van der Waals surface area (Å²) in [7, 11) is -1.81. The molecule has 0 saturated heterocycles. The molecule has 0 aliphatic rings. The molecular weight excluding hydrogens is 423 g/mol. The van der Waals surface area contributed by atoms with E-state index in [1.165, 1.54) is 0 Å². The van der Waals surface area contributed by atoms with Crippen molar-refractivity contribution >= 4 is 31.5 Å². The topological polar surface area (TPSA) is 47.3 Å². The van der Waals surface area contributed by atoms with Crippen molar-refractivity contribution in [1.82, 2.24) is 9.78 Å². The van der Waals surface area contributed by atoms with E-state index in [-0.39, 0.29) is 5.04 Å². The Balaban J connectivity index is 2.32. The van der Waals surface area contributed by atoms with Crippen molar-refractivity contribution in [3.05, 3.63) is 50.8 Å². The molecule has 0 amide bonds. The fourth-order valence-corrected chi connectivity index (χ4v) is 4.78. The van der Waals surface area contributed by atoms with Crippen LogP contribution in [0.3, 0.4) is 0 Å². The molecule has 0 saturated carbocycles. The third-order valence-electron chi connectivity index (χ3n) is 5.89. The van der Waals surface area contributed by atoms with E-state index in [2.05, 4.69) is 47.7 Å². The monoisotopic (exact) mass is 456 g/mol. The summed E-state index contributed by atoms with van der Waals surface area (Å²) in [4.78, 5) is 0. The van der Waals surface area contributed by atoms with Crippen LogP contribution in [0.1, 0.15) is 63.2 Å². The van der Waals surface area contributed by atoms with Crippen LogP contribution in [0.5, 0.6) is 0 Å². The highest BCUT2D eigenvalue weighted by molar-refractivity contribution is 6.74. The molecule has 162 valence electrons. The van der Waals surface area contributed by atoms with Crippen LogP contribution in [0, 0.1) is 0 Å². The van der Waals surface area contributed by atoms with Gasteiger partial charge in [-0.1, -0.05) is 57.8 Å². The molecule has 1 heterocycles. The van der Waals surface area contributed by atoms with Gasteiger partial charge in [-0.2, -0.15) is 5.10 Å². The van der Waals surface area contributed by atoms with Gasteiger partial charge in [0, 0.05) is 21.3 Å². The average molecular weight is 458 g/mol. The Kier molecular flexibility index (Phi) is 8.02. The number of rotatable bonds is 8. The Morgan fingerprint density at radius 2 is 1.69 bits per heavy atom. The summed E-state index contributed by atoms with van der Waals surface area (Å²) in [5, 5.41) is 17.1. The lowest BCUT2D eigenvalue weighted by atomic mass is 9.97. The first-order valence-corrected chi connectivity index (χ1v) is 13.9. The highest BCUT2D eigenvalue weighted by Crippen LogP contribution is 2.37. The summed E-state index contributed by atoms with van der Waals surface area (Å²) >= 11 is 12.3. The van der Waals surface area contributed by atoms with Crippen molar-refractivity contribution < 1.29 is 9.53 Å². The number of hydrogen-bond donors (Lipinski definition) is 1. The van der Waals surface area contributed by atoms with Gasteiger partial charge in [0.1, 0.15) is 6.10 Å². The van der Waals surface area contributed by atoms with Crippen molar-refractivity contribution in [1.29, 1.82) is 0 Å². The zero-order valence-corrected chi connectivity index (χ0v) is 21.2. The molecule has 2 rings (SSSR count). The number of aryl methyl sites for hydroxylation is 1. The third-order valence-corrected chi connectivity index (χ3v) is 10.9. The summed E-state index contributed by atoms with van der Waals surface area (Å²) in [6, 6.07) is 5.19. The summed E-state index contributed by atoms with van der Waals surface area (Å²) in [6.45, 7) is 16.7. The summed E-state index contributed by atoms with van der Waals surface area (Å²) in [6.07, 6.45) is 0.698. The SMILES string of the molecule is CCc1nn(CCO[Si](C)(C)C(C)(C)C)c(CC)c1C(O)c1cc(Cl)cc(Cl)c1. The molecule has 0 bridgehead atoms. The first-order valence-electron chi connectivity index (χ1n) is 10.3. The quantitative estimate of drug-likeness (QED) is 0.466. The fraction of sp³-hybridized carbons (Fsp3) is 0.591. The number of hydrogen-bond acceptors (Lipinski definition) is 3. The number of benzene rings is 1. The number of aromatic nitrogens is 2. The minimum Gasteiger partial charge on any atom is -0.415 e.